The van der Waals surface area contributed by atoms with Crippen molar-refractivity contribution in [3.8, 4) is 0 Å². The third kappa shape index (κ3) is 2.63. The van der Waals surface area contributed by atoms with Gasteiger partial charge in [0.15, 0.2) is 0 Å². The second kappa shape index (κ2) is 5.85. The Balaban J connectivity index is 1.99. The molecule has 1 N–H and O–H groups in total. The van der Waals surface area contributed by atoms with Gasteiger partial charge in [0.1, 0.15) is 0 Å². The molecule has 1 aromatic carbocycles. The smallest absolute Gasteiger partial charge is 0.0506 e. The molecule has 0 aromatic heterocycles. The predicted octanol–water partition coefficient (Wildman–Crippen LogP) is 4.57. The van der Waals surface area contributed by atoms with Gasteiger partial charge >= 0.3 is 0 Å². The molecule has 0 saturated heterocycles. The first kappa shape index (κ1) is 17.9. The first-order valence-electron chi connectivity index (χ1n) is 9.52. The van der Waals surface area contributed by atoms with Crippen molar-refractivity contribution in [2.24, 2.45) is 11.8 Å². The van der Waals surface area contributed by atoms with E-state index in [4.69, 9.17) is 4.74 Å². The Labute approximate surface area is 147 Å². The summed E-state index contributed by atoms with van der Waals surface area (Å²) < 4.78 is 5.68. The van der Waals surface area contributed by atoms with Crippen LogP contribution in [0.1, 0.15) is 71.1 Å². The topological polar surface area (TPSA) is 29.5 Å². The molecule has 0 aliphatic heterocycles. The van der Waals surface area contributed by atoms with E-state index in [-0.39, 0.29) is 22.9 Å². The highest BCUT2D eigenvalue weighted by molar-refractivity contribution is 5.48. The maximum Gasteiger partial charge on any atom is 0.0506 e. The normalized spacial score (nSPS) is 33.1. The van der Waals surface area contributed by atoms with Gasteiger partial charge in [-0.05, 0) is 59.1 Å². The number of aliphatic hydroxyl groups is 1. The number of fused-ring (bicyclic) bond motifs is 1. The summed E-state index contributed by atoms with van der Waals surface area (Å²) in [6.45, 7) is 15.6. The third-order valence-electron chi connectivity index (χ3n) is 7.09. The summed E-state index contributed by atoms with van der Waals surface area (Å²) in [7, 11) is 0. The summed E-state index contributed by atoms with van der Waals surface area (Å²) in [6, 6.07) is 7.13. The molecule has 134 valence electrons. The Morgan fingerprint density at radius 3 is 2.21 bits per heavy atom. The van der Waals surface area contributed by atoms with Crippen LogP contribution in [-0.2, 0) is 21.0 Å². The van der Waals surface area contributed by atoms with E-state index in [1.165, 1.54) is 29.5 Å². The highest BCUT2D eigenvalue weighted by atomic mass is 16.5. The average molecular weight is 331 g/mol. The molecule has 0 amide bonds. The van der Waals surface area contributed by atoms with Crippen LogP contribution in [0.25, 0.3) is 0 Å². The summed E-state index contributed by atoms with van der Waals surface area (Å²) in [6.07, 6.45) is 2.48. The average Bonchev–Trinajstić information content (AvgIpc) is 3.14. The summed E-state index contributed by atoms with van der Waals surface area (Å²) in [5.74, 6) is 0.752. The van der Waals surface area contributed by atoms with Crippen LogP contribution in [0, 0.1) is 11.8 Å². The Morgan fingerprint density at radius 1 is 1.00 bits per heavy atom. The molecule has 0 spiro atoms. The van der Waals surface area contributed by atoms with Crippen LogP contribution < -0.4 is 0 Å². The molecule has 0 heterocycles. The van der Waals surface area contributed by atoms with Crippen molar-refractivity contribution in [3.05, 3.63) is 34.9 Å². The highest BCUT2D eigenvalue weighted by Crippen LogP contribution is 2.60. The molecule has 2 aliphatic rings. The van der Waals surface area contributed by atoms with Crippen molar-refractivity contribution in [2.45, 2.75) is 70.6 Å². The second-order valence-corrected chi connectivity index (χ2v) is 9.37. The maximum absolute atomic E-state index is 9.84. The van der Waals surface area contributed by atoms with Crippen molar-refractivity contribution in [2.75, 3.05) is 19.8 Å². The molecule has 3 atom stereocenters. The van der Waals surface area contributed by atoms with E-state index < -0.39 is 0 Å². The summed E-state index contributed by atoms with van der Waals surface area (Å²) in [4.78, 5) is 0. The summed E-state index contributed by atoms with van der Waals surface area (Å²) in [5.41, 5.74) is 4.95. The zero-order valence-corrected chi connectivity index (χ0v) is 16.3. The molecular weight excluding hydrogens is 296 g/mol. The standard InChI is InChI=1S/C22H34O2/c1-7-24-14-19-18(13-23)22(19,6)15-8-9-16-17(12-15)21(4,5)11-10-20(16,2)3/h8-9,12,18-19,23H,7,10-11,13-14H2,1-6H3/t18-,19?,22?/m1/s1. The van der Waals surface area contributed by atoms with Gasteiger partial charge in [0, 0.05) is 18.6 Å². The van der Waals surface area contributed by atoms with Crippen LogP contribution in [0.2, 0.25) is 0 Å². The van der Waals surface area contributed by atoms with E-state index in [0.717, 1.165) is 13.2 Å². The lowest BCUT2D eigenvalue weighted by Crippen LogP contribution is -2.34. The van der Waals surface area contributed by atoms with Gasteiger partial charge in [-0.3, -0.25) is 0 Å². The van der Waals surface area contributed by atoms with Crippen LogP contribution >= 0.6 is 0 Å². The molecule has 3 rings (SSSR count). The molecule has 1 fully saturated rings. The molecule has 2 unspecified atom stereocenters. The minimum absolute atomic E-state index is 0.0522. The van der Waals surface area contributed by atoms with Crippen molar-refractivity contribution in [1.29, 1.82) is 0 Å². The van der Waals surface area contributed by atoms with Crippen LogP contribution in [0.4, 0.5) is 0 Å². The number of benzene rings is 1. The predicted molar refractivity (Wildman–Crippen MR) is 99.6 cm³/mol. The zero-order valence-electron chi connectivity index (χ0n) is 16.3. The molecule has 2 nitrogen and oxygen atoms in total. The monoisotopic (exact) mass is 330 g/mol. The first-order chi connectivity index (χ1) is 11.2. The van der Waals surface area contributed by atoms with Gasteiger partial charge in [0.05, 0.1) is 6.61 Å². The van der Waals surface area contributed by atoms with Crippen molar-refractivity contribution in [1.82, 2.24) is 0 Å². The SMILES string of the molecule is CCOCC1[C@@H](CO)C1(C)c1ccc2c(c1)C(C)(C)CCC2(C)C. The Morgan fingerprint density at radius 2 is 1.62 bits per heavy atom. The summed E-state index contributed by atoms with van der Waals surface area (Å²) >= 11 is 0. The number of hydrogen-bond acceptors (Lipinski definition) is 2. The lowest BCUT2D eigenvalue weighted by Gasteiger charge is -2.42. The Bertz CT molecular complexity index is 616. The molecule has 2 aliphatic carbocycles. The van der Waals surface area contributed by atoms with E-state index in [1.807, 2.05) is 6.92 Å². The van der Waals surface area contributed by atoms with Crippen LogP contribution in [0.3, 0.4) is 0 Å². The summed E-state index contributed by atoms with van der Waals surface area (Å²) in [5, 5.41) is 9.84. The Kier molecular flexibility index (Phi) is 4.37. The van der Waals surface area contributed by atoms with Crippen molar-refractivity contribution < 1.29 is 9.84 Å². The lowest BCUT2D eigenvalue weighted by atomic mass is 9.62. The quantitative estimate of drug-likeness (QED) is 0.857. The van der Waals surface area contributed by atoms with Crippen LogP contribution in [0.5, 0.6) is 0 Å². The van der Waals surface area contributed by atoms with Gasteiger partial charge in [-0.1, -0.05) is 52.8 Å². The van der Waals surface area contributed by atoms with Gasteiger partial charge in [0.2, 0.25) is 0 Å². The van der Waals surface area contributed by atoms with E-state index in [9.17, 15) is 5.11 Å². The third-order valence-corrected chi connectivity index (χ3v) is 7.09. The fourth-order valence-electron chi connectivity index (χ4n) is 4.90. The van der Waals surface area contributed by atoms with Gasteiger partial charge in [-0.25, -0.2) is 0 Å². The molecule has 0 radical (unpaired) electrons. The van der Waals surface area contributed by atoms with Crippen LogP contribution in [0.15, 0.2) is 18.2 Å². The van der Waals surface area contributed by atoms with E-state index in [1.54, 1.807) is 0 Å². The Hall–Kier alpha value is -0.860. The number of ether oxygens (including phenoxy) is 1. The molecule has 1 aromatic rings. The molecular formula is C22H34O2. The fourth-order valence-corrected chi connectivity index (χ4v) is 4.90. The van der Waals surface area contributed by atoms with Crippen molar-refractivity contribution >= 4 is 0 Å². The number of hydrogen-bond donors (Lipinski definition) is 1. The minimum Gasteiger partial charge on any atom is -0.396 e. The molecule has 1 saturated carbocycles. The van der Waals surface area contributed by atoms with E-state index >= 15 is 0 Å². The molecule has 2 heteroatoms. The lowest BCUT2D eigenvalue weighted by molar-refractivity contribution is 0.126. The first-order valence-corrected chi connectivity index (χ1v) is 9.52. The van der Waals surface area contributed by atoms with Gasteiger partial charge in [-0.2, -0.15) is 0 Å². The second-order valence-electron chi connectivity index (χ2n) is 9.37. The minimum atomic E-state index is 0.0522. The number of aliphatic hydroxyl groups excluding tert-OH is 1. The van der Waals surface area contributed by atoms with Gasteiger partial charge in [0.25, 0.3) is 0 Å². The maximum atomic E-state index is 9.84. The highest BCUT2D eigenvalue weighted by Gasteiger charge is 2.61. The molecule has 24 heavy (non-hydrogen) atoms. The van der Waals surface area contributed by atoms with Crippen LogP contribution in [-0.4, -0.2) is 24.9 Å². The van der Waals surface area contributed by atoms with E-state index in [2.05, 4.69) is 52.8 Å². The van der Waals surface area contributed by atoms with E-state index in [0.29, 0.717) is 11.8 Å². The zero-order chi connectivity index (χ0) is 17.8. The van der Waals surface area contributed by atoms with Gasteiger partial charge < -0.3 is 9.84 Å². The largest absolute Gasteiger partial charge is 0.396 e. The fraction of sp³-hybridized carbons (Fsp3) is 0.727. The van der Waals surface area contributed by atoms with Gasteiger partial charge in [-0.15, -0.1) is 0 Å². The van der Waals surface area contributed by atoms with Crippen molar-refractivity contribution in [3.63, 3.8) is 0 Å². The molecule has 0 bridgehead atoms. The number of rotatable bonds is 5.